The first-order chi connectivity index (χ1) is 13.6. The normalized spacial score (nSPS) is 17.0. The standard InChI is InChI=1S/C24H35N3OS/c1-7-13-27(14-8-2)22-26-19(20(29-22)21(25)28)16-9-10-17-18(15-16)24(5,6)12-11-23(17,3)4/h9-10,15H,7-8,11-14H2,1-6H3,(H2,25,28). The number of nitrogens with two attached hydrogens (primary N) is 1. The lowest BCUT2D eigenvalue weighted by molar-refractivity contribution is 0.100. The molecule has 0 atom stereocenters. The van der Waals surface area contributed by atoms with Crippen LogP contribution in [0.5, 0.6) is 0 Å². The Hall–Kier alpha value is -1.88. The summed E-state index contributed by atoms with van der Waals surface area (Å²) in [7, 11) is 0. The molecule has 2 N–H and O–H groups in total. The molecule has 5 heteroatoms. The summed E-state index contributed by atoms with van der Waals surface area (Å²) < 4.78 is 0. The number of carbonyl (C=O) groups is 1. The highest BCUT2D eigenvalue weighted by Crippen LogP contribution is 2.47. The minimum atomic E-state index is -0.394. The monoisotopic (exact) mass is 413 g/mol. The molecule has 3 rings (SSSR count). The summed E-state index contributed by atoms with van der Waals surface area (Å²) in [6, 6.07) is 6.62. The van der Waals surface area contributed by atoms with Gasteiger partial charge in [-0.2, -0.15) is 0 Å². The molecule has 0 bridgehead atoms. The smallest absolute Gasteiger partial charge is 0.261 e. The van der Waals surface area contributed by atoms with Gasteiger partial charge in [-0.1, -0.05) is 65.0 Å². The van der Waals surface area contributed by atoms with Crippen molar-refractivity contribution < 1.29 is 4.79 Å². The average Bonchev–Trinajstić information content (AvgIpc) is 3.11. The highest BCUT2D eigenvalue weighted by atomic mass is 32.1. The molecule has 0 saturated heterocycles. The van der Waals surface area contributed by atoms with Crippen LogP contribution in [0.15, 0.2) is 18.2 Å². The van der Waals surface area contributed by atoms with Gasteiger partial charge in [-0.15, -0.1) is 0 Å². The van der Waals surface area contributed by atoms with Crippen LogP contribution in [0.1, 0.15) is 88.0 Å². The Morgan fingerprint density at radius 2 is 1.66 bits per heavy atom. The van der Waals surface area contributed by atoms with Crippen LogP contribution in [0.4, 0.5) is 5.13 Å². The van der Waals surface area contributed by atoms with Gasteiger partial charge in [-0.25, -0.2) is 4.98 Å². The van der Waals surface area contributed by atoms with E-state index >= 15 is 0 Å². The first kappa shape index (κ1) is 21.8. The predicted molar refractivity (Wildman–Crippen MR) is 124 cm³/mol. The fourth-order valence-electron chi connectivity index (χ4n) is 4.39. The highest BCUT2D eigenvalue weighted by molar-refractivity contribution is 7.18. The van der Waals surface area contributed by atoms with E-state index in [4.69, 9.17) is 10.7 Å². The van der Waals surface area contributed by atoms with Crippen LogP contribution >= 0.6 is 11.3 Å². The summed E-state index contributed by atoms with van der Waals surface area (Å²) in [6.45, 7) is 15.5. The number of carbonyl (C=O) groups excluding carboxylic acids is 1. The first-order valence-corrected chi connectivity index (χ1v) is 11.6. The van der Waals surface area contributed by atoms with Crippen LogP contribution < -0.4 is 10.6 Å². The lowest BCUT2D eigenvalue weighted by atomic mass is 9.63. The third-order valence-corrected chi connectivity index (χ3v) is 7.35. The number of anilines is 1. The molecule has 2 aromatic rings. The number of aromatic nitrogens is 1. The van der Waals surface area contributed by atoms with Crippen molar-refractivity contribution in [2.45, 2.75) is 78.1 Å². The Morgan fingerprint density at radius 1 is 1.07 bits per heavy atom. The van der Waals surface area contributed by atoms with Gasteiger partial charge in [-0.05, 0) is 53.7 Å². The number of amides is 1. The first-order valence-electron chi connectivity index (χ1n) is 10.8. The lowest BCUT2D eigenvalue weighted by Crippen LogP contribution is -2.33. The molecule has 0 spiro atoms. The van der Waals surface area contributed by atoms with E-state index in [2.05, 4.69) is 64.6 Å². The van der Waals surface area contributed by atoms with Gasteiger partial charge >= 0.3 is 0 Å². The molecule has 0 aliphatic heterocycles. The minimum absolute atomic E-state index is 0.114. The number of rotatable bonds is 7. The number of nitrogens with zero attached hydrogens (tertiary/aromatic N) is 2. The Morgan fingerprint density at radius 3 is 2.21 bits per heavy atom. The van der Waals surface area contributed by atoms with Crippen LogP contribution in [0, 0.1) is 0 Å². The summed E-state index contributed by atoms with van der Waals surface area (Å²) in [4.78, 5) is 20.0. The fraction of sp³-hybridized carbons (Fsp3) is 0.583. The maximum atomic E-state index is 12.2. The van der Waals surface area contributed by atoms with E-state index in [0.29, 0.717) is 4.88 Å². The molecule has 1 aliphatic carbocycles. The third kappa shape index (κ3) is 4.20. The second-order valence-electron chi connectivity index (χ2n) is 9.55. The number of hydrogen-bond acceptors (Lipinski definition) is 4. The quantitative estimate of drug-likeness (QED) is 0.616. The van der Waals surface area contributed by atoms with E-state index in [1.807, 2.05) is 0 Å². The number of hydrogen-bond donors (Lipinski definition) is 1. The molecule has 1 aliphatic rings. The number of benzene rings is 1. The number of primary amides is 1. The Labute approximate surface area is 179 Å². The zero-order valence-corrected chi connectivity index (χ0v) is 19.6. The molecule has 1 amide bonds. The lowest BCUT2D eigenvalue weighted by Gasteiger charge is -2.42. The van der Waals surface area contributed by atoms with Crippen molar-refractivity contribution in [3.05, 3.63) is 34.2 Å². The van der Waals surface area contributed by atoms with E-state index in [1.165, 1.54) is 28.9 Å². The summed E-state index contributed by atoms with van der Waals surface area (Å²) in [5.41, 5.74) is 10.6. The SMILES string of the molecule is CCCN(CCC)c1nc(-c2ccc3c(c2)C(C)(C)CCC3(C)C)c(C(N)=O)s1. The van der Waals surface area contributed by atoms with Crippen LogP contribution in [0.2, 0.25) is 0 Å². The summed E-state index contributed by atoms with van der Waals surface area (Å²) in [6.07, 6.45) is 4.43. The molecule has 29 heavy (non-hydrogen) atoms. The predicted octanol–water partition coefficient (Wildman–Crippen LogP) is 5.88. The molecular formula is C24H35N3OS. The van der Waals surface area contributed by atoms with Crippen molar-refractivity contribution in [1.29, 1.82) is 0 Å². The molecule has 1 aromatic heterocycles. The molecule has 1 heterocycles. The van der Waals surface area contributed by atoms with Crippen LogP contribution in [-0.2, 0) is 10.8 Å². The van der Waals surface area contributed by atoms with Gasteiger partial charge in [0.25, 0.3) is 5.91 Å². The Bertz CT molecular complexity index is 892. The van der Waals surface area contributed by atoms with Crippen molar-refractivity contribution in [2.24, 2.45) is 5.73 Å². The van der Waals surface area contributed by atoms with Crippen molar-refractivity contribution in [3.8, 4) is 11.3 Å². The average molecular weight is 414 g/mol. The second kappa shape index (κ2) is 8.10. The second-order valence-corrected chi connectivity index (χ2v) is 10.5. The molecule has 0 fully saturated rings. The minimum Gasteiger partial charge on any atom is -0.365 e. The van der Waals surface area contributed by atoms with Crippen molar-refractivity contribution in [1.82, 2.24) is 4.98 Å². The summed E-state index contributed by atoms with van der Waals surface area (Å²) in [5.74, 6) is -0.394. The highest BCUT2D eigenvalue weighted by Gasteiger charge is 2.37. The van der Waals surface area contributed by atoms with E-state index in [1.54, 1.807) is 0 Å². The maximum absolute atomic E-state index is 12.2. The zero-order chi connectivity index (χ0) is 21.4. The van der Waals surface area contributed by atoms with Gasteiger partial charge in [-0.3, -0.25) is 4.79 Å². The van der Waals surface area contributed by atoms with Gasteiger partial charge in [0.2, 0.25) is 0 Å². The van der Waals surface area contributed by atoms with Gasteiger partial charge in [0.1, 0.15) is 4.88 Å². The number of thiazole rings is 1. The molecule has 1 aromatic carbocycles. The summed E-state index contributed by atoms with van der Waals surface area (Å²) >= 11 is 1.43. The fourth-order valence-corrected chi connectivity index (χ4v) is 5.38. The van der Waals surface area contributed by atoms with Crippen LogP contribution in [-0.4, -0.2) is 24.0 Å². The van der Waals surface area contributed by atoms with Crippen molar-refractivity contribution in [2.75, 3.05) is 18.0 Å². The molecular weight excluding hydrogens is 378 g/mol. The van der Waals surface area contributed by atoms with Crippen molar-refractivity contribution >= 4 is 22.4 Å². The number of fused-ring (bicyclic) bond motifs is 1. The third-order valence-electron chi connectivity index (χ3n) is 6.22. The van der Waals surface area contributed by atoms with E-state index in [0.717, 1.165) is 48.7 Å². The molecule has 158 valence electrons. The summed E-state index contributed by atoms with van der Waals surface area (Å²) in [5, 5.41) is 0.898. The van der Waals surface area contributed by atoms with E-state index in [9.17, 15) is 4.79 Å². The van der Waals surface area contributed by atoms with E-state index < -0.39 is 5.91 Å². The van der Waals surface area contributed by atoms with Crippen molar-refractivity contribution in [3.63, 3.8) is 0 Å². The van der Waals surface area contributed by atoms with Crippen LogP contribution in [0.25, 0.3) is 11.3 Å². The van der Waals surface area contributed by atoms with Crippen LogP contribution in [0.3, 0.4) is 0 Å². The molecule has 0 radical (unpaired) electrons. The maximum Gasteiger partial charge on any atom is 0.261 e. The topological polar surface area (TPSA) is 59.2 Å². The van der Waals surface area contributed by atoms with Gasteiger partial charge in [0.15, 0.2) is 5.13 Å². The molecule has 0 unspecified atom stereocenters. The van der Waals surface area contributed by atoms with E-state index in [-0.39, 0.29) is 10.8 Å². The largest absolute Gasteiger partial charge is 0.365 e. The zero-order valence-electron chi connectivity index (χ0n) is 18.8. The van der Waals surface area contributed by atoms with Gasteiger partial charge < -0.3 is 10.6 Å². The Balaban J connectivity index is 2.12. The molecule has 0 saturated carbocycles. The molecule has 4 nitrogen and oxygen atoms in total. The van der Waals surface area contributed by atoms with Gasteiger partial charge in [0.05, 0.1) is 5.69 Å². The van der Waals surface area contributed by atoms with Gasteiger partial charge in [0, 0.05) is 18.7 Å². The Kier molecular flexibility index (Phi) is 6.09.